The zero-order valence-electron chi connectivity index (χ0n) is 20.8. The number of amides is 2. The predicted molar refractivity (Wildman–Crippen MR) is 144 cm³/mol. The molecule has 0 unspecified atom stereocenters. The van der Waals surface area contributed by atoms with Crippen LogP contribution in [0.5, 0.6) is 17.2 Å². The monoisotopic (exact) mass is 517 g/mol. The topological polar surface area (TPSA) is 90.0 Å². The highest BCUT2D eigenvalue weighted by atomic mass is 32.1. The SMILES string of the molecule is COc1ccc([C@H]2[C@H](C(=O)Nc3nc4cc(OC)ccc4s3)CCC(=O)N2c2ccc(OC)cc2)cc1. The summed E-state index contributed by atoms with van der Waals surface area (Å²) in [5.74, 6) is 1.38. The molecule has 1 aromatic heterocycles. The summed E-state index contributed by atoms with van der Waals surface area (Å²) in [6.45, 7) is 0. The van der Waals surface area contributed by atoms with E-state index in [1.807, 2.05) is 66.7 Å². The zero-order chi connectivity index (χ0) is 25.9. The summed E-state index contributed by atoms with van der Waals surface area (Å²) in [6, 6.07) is 19.9. The number of hydrogen-bond donors (Lipinski definition) is 1. The maximum atomic E-state index is 13.7. The fourth-order valence-corrected chi connectivity index (χ4v) is 5.53. The number of fused-ring (bicyclic) bond motifs is 1. The predicted octanol–water partition coefficient (Wildman–Crippen LogP) is 5.45. The minimum absolute atomic E-state index is 0.0397. The van der Waals surface area contributed by atoms with E-state index in [9.17, 15) is 9.59 Å². The van der Waals surface area contributed by atoms with E-state index in [2.05, 4.69) is 10.3 Å². The number of nitrogens with zero attached hydrogens (tertiary/aromatic N) is 2. The summed E-state index contributed by atoms with van der Waals surface area (Å²) in [5, 5.41) is 3.52. The number of carbonyl (C=O) groups excluding carboxylic acids is 2. The van der Waals surface area contributed by atoms with Gasteiger partial charge in [0.25, 0.3) is 0 Å². The Morgan fingerprint density at radius 1 is 0.919 bits per heavy atom. The first kappa shape index (κ1) is 24.6. The third kappa shape index (κ3) is 4.95. The molecule has 1 aliphatic rings. The van der Waals surface area contributed by atoms with Crippen LogP contribution in [0.25, 0.3) is 10.2 Å². The quantitative estimate of drug-likeness (QED) is 0.351. The van der Waals surface area contributed by atoms with Crippen molar-refractivity contribution in [3.8, 4) is 17.2 Å². The van der Waals surface area contributed by atoms with E-state index in [1.165, 1.54) is 11.3 Å². The lowest BCUT2D eigenvalue weighted by molar-refractivity contribution is -0.125. The van der Waals surface area contributed by atoms with Gasteiger partial charge in [0, 0.05) is 18.2 Å². The van der Waals surface area contributed by atoms with Crippen molar-refractivity contribution in [3.05, 3.63) is 72.3 Å². The van der Waals surface area contributed by atoms with Gasteiger partial charge in [0.1, 0.15) is 17.2 Å². The Balaban J connectivity index is 1.50. The van der Waals surface area contributed by atoms with Gasteiger partial charge in [-0.15, -0.1) is 0 Å². The largest absolute Gasteiger partial charge is 0.497 e. The first-order chi connectivity index (χ1) is 18.0. The van der Waals surface area contributed by atoms with Gasteiger partial charge in [0.2, 0.25) is 11.8 Å². The maximum Gasteiger partial charge on any atom is 0.231 e. The fraction of sp³-hybridized carbons (Fsp3) is 0.250. The van der Waals surface area contributed by atoms with Crippen LogP contribution in [0.2, 0.25) is 0 Å². The molecule has 3 aromatic carbocycles. The van der Waals surface area contributed by atoms with Crippen molar-refractivity contribution in [1.29, 1.82) is 0 Å². The molecule has 1 saturated heterocycles. The number of ether oxygens (including phenoxy) is 3. The summed E-state index contributed by atoms with van der Waals surface area (Å²) >= 11 is 1.40. The molecule has 0 aliphatic carbocycles. The van der Waals surface area contributed by atoms with Crippen molar-refractivity contribution in [1.82, 2.24) is 4.98 Å². The van der Waals surface area contributed by atoms with Crippen LogP contribution in [0.4, 0.5) is 10.8 Å². The average Bonchev–Trinajstić information content (AvgIpc) is 3.34. The van der Waals surface area contributed by atoms with Crippen LogP contribution in [0, 0.1) is 5.92 Å². The smallest absolute Gasteiger partial charge is 0.231 e. The number of aromatic nitrogens is 1. The third-order valence-electron chi connectivity index (χ3n) is 6.57. The molecule has 37 heavy (non-hydrogen) atoms. The molecule has 190 valence electrons. The molecule has 1 aliphatic heterocycles. The highest BCUT2D eigenvalue weighted by molar-refractivity contribution is 7.22. The van der Waals surface area contributed by atoms with E-state index >= 15 is 0 Å². The lowest BCUT2D eigenvalue weighted by atomic mass is 9.83. The van der Waals surface area contributed by atoms with E-state index in [4.69, 9.17) is 14.2 Å². The normalized spacial score (nSPS) is 17.5. The maximum absolute atomic E-state index is 13.7. The van der Waals surface area contributed by atoms with Gasteiger partial charge in [0.05, 0.1) is 43.5 Å². The van der Waals surface area contributed by atoms with Crippen molar-refractivity contribution in [2.45, 2.75) is 18.9 Å². The number of hydrogen-bond acceptors (Lipinski definition) is 7. The van der Waals surface area contributed by atoms with Gasteiger partial charge in [-0.05, 0) is 60.5 Å². The fourth-order valence-electron chi connectivity index (χ4n) is 4.68. The van der Waals surface area contributed by atoms with Gasteiger partial charge in [0.15, 0.2) is 5.13 Å². The second-order valence-corrected chi connectivity index (χ2v) is 9.70. The minimum Gasteiger partial charge on any atom is -0.497 e. The van der Waals surface area contributed by atoms with E-state index < -0.39 is 12.0 Å². The van der Waals surface area contributed by atoms with Crippen LogP contribution in [-0.4, -0.2) is 38.1 Å². The molecule has 2 heterocycles. The second kappa shape index (κ2) is 10.5. The molecule has 5 rings (SSSR count). The summed E-state index contributed by atoms with van der Waals surface area (Å²) in [5.41, 5.74) is 2.31. The van der Waals surface area contributed by atoms with Gasteiger partial charge in [-0.25, -0.2) is 4.98 Å². The molecular formula is C28H27N3O5S. The van der Waals surface area contributed by atoms with E-state index in [1.54, 1.807) is 26.2 Å². The van der Waals surface area contributed by atoms with Crippen molar-refractivity contribution in [2.75, 3.05) is 31.5 Å². The number of carbonyl (C=O) groups is 2. The molecule has 0 saturated carbocycles. The lowest BCUT2D eigenvalue weighted by Gasteiger charge is -2.40. The number of thiazole rings is 1. The van der Waals surface area contributed by atoms with E-state index in [0.29, 0.717) is 34.5 Å². The molecule has 0 bridgehead atoms. The van der Waals surface area contributed by atoms with Crippen LogP contribution < -0.4 is 24.4 Å². The first-order valence-corrected chi connectivity index (χ1v) is 12.7. The number of methoxy groups -OCH3 is 3. The van der Waals surface area contributed by atoms with Crippen LogP contribution >= 0.6 is 11.3 Å². The van der Waals surface area contributed by atoms with Gasteiger partial charge in [-0.3, -0.25) is 9.59 Å². The molecule has 1 N–H and O–H groups in total. The molecule has 2 atom stereocenters. The Kier molecular flexibility index (Phi) is 6.96. The van der Waals surface area contributed by atoms with Crippen molar-refractivity contribution < 1.29 is 23.8 Å². The second-order valence-electron chi connectivity index (χ2n) is 8.67. The summed E-state index contributed by atoms with van der Waals surface area (Å²) in [4.78, 5) is 33.3. The Morgan fingerprint density at radius 3 is 2.19 bits per heavy atom. The number of nitrogens with one attached hydrogen (secondary N) is 1. The standard InChI is InChI=1S/C28H27N3O5S/c1-34-19-8-4-17(5-9-19)26-22(13-15-25(32)31(26)18-6-10-20(35-2)11-7-18)27(33)30-28-29-23-16-21(36-3)12-14-24(23)37-28/h4-12,14,16,22,26H,13,15H2,1-3H3,(H,29,30,33)/t22-,26+/m1/s1. The first-order valence-electron chi connectivity index (χ1n) is 11.9. The molecular weight excluding hydrogens is 490 g/mol. The van der Waals surface area contributed by atoms with Crippen molar-refractivity contribution >= 4 is 44.2 Å². The van der Waals surface area contributed by atoms with Crippen molar-refractivity contribution in [2.24, 2.45) is 5.92 Å². The van der Waals surface area contributed by atoms with E-state index in [-0.39, 0.29) is 18.2 Å². The molecule has 9 heteroatoms. The van der Waals surface area contributed by atoms with Gasteiger partial charge >= 0.3 is 0 Å². The number of piperidine rings is 1. The van der Waals surface area contributed by atoms with Crippen LogP contribution in [0.3, 0.4) is 0 Å². The van der Waals surface area contributed by atoms with Crippen LogP contribution in [-0.2, 0) is 9.59 Å². The molecule has 0 spiro atoms. The third-order valence-corrected chi connectivity index (χ3v) is 7.52. The highest BCUT2D eigenvalue weighted by Gasteiger charge is 2.41. The van der Waals surface area contributed by atoms with Gasteiger partial charge in [-0.2, -0.15) is 0 Å². The average molecular weight is 518 g/mol. The van der Waals surface area contributed by atoms with Crippen molar-refractivity contribution in [3.63, 3.8) is 0 Å². The molecule has 2 amide bonds. The Labute approximate surface area is 218 Å². The summed E-state index contributed by atoms with van der Waals surface area (Å²) in [7, 11) is 4.81. The Hall–Kier alpha value is -4.11. The Bertz CT molecular complexity index is 1420. The molecule has 1 fully saturated rings. The van der Waals surface area contributed by atoms with Crippen LogP contribution in [0.1, 0.15) is 24.4 Å². The van der Waals surface area contributed by atoms with E-state index in [0.717, 1.165) is 15.8 Å². The summed E-state index contributed by atoms with van der Waals surface area (Å²) < 4.78 is 16.8. The highest BCUT2D eigenvalue weighted by Crippen LogP contribution is 2.41. The minimum atomic E-state index is -0.505. The van der Waals surface area contributed by atoms with Crippen LogP contribution in [0.15, 0.2) is 66.7 Å². The molecule has 4 aromatic rings. The Morgan fingerprint density at radius 2 is 1.54 bits per heavy atom. The van der Waals surface area contributed by atoms with Gasteiger partial charge < -0.3 is 24.4 Å². The number of anilines is 2. The van der Waals surface area contributed by atoms with Gasteiger partial charge in [-0.1, -0.05) is 23.5 Å². The zero-order valence-corrected chi connectivity index (χ0v) is 21.6. The molecule has 8 nitrogen and oxygen atoms in total. The molecule has 0 radical (unpaired) electrons. The number of rotatable bonds is 7. The summed E-state index contributed by atoms with van der Waals surface area (Å²) in [6.07, 6.45) is 0.681. The lowest BCUT2D eigenvalue weighted by Crippen LogP contribution is -2.46. The number of benzene rings is 3.